The number of anilines is 3. The number of rotatable bonds is 8. The second-order valence-electron chi connectivity index (χ2n) is 11.5. The van der Waals surface area contributed by atoms with Gasteiger partial charge in [0, 0.05) is 37.8 Å². The van der Waals surface area contributed by atoms with E-state index >= 15 is 0 Å². The second-order valence-corrected chi connectivity index (χ2v) is 11.5. The van der Waals surface area contributed by atoms with Gasteiger partial charge in [-0.1, -0.05) is 26.8 Å². The molecule has 2 aromatic carbocycles. The van der Waals surface area contributed by atoms with Crippen molar-refractivity contribution in [3.63, 3.8) is 0 Å². The summed E-state index contributed by atoms with van der Waals surface area (Å²) in [6, 6.07) is 14.1. The Labute approximate surface area is 239 Å². The van der Waals surface area contributed by atoms with Gasteiger partial charge in [0.25, 0.3) is 0 Å². The van der Waals surface area contributed by atoms with Crippen LogP contribution in [-0.4, -0.2) is 56.7 Å². The molecule has 0 radical (unpaired) electrons. The van der Waals surface area contributed by atoms with E-state index in [4.69, 9.17) is 9.84 Å². The minimum Gasteiger partial charge on any atom is -0.457 e. The van der Waals surface area contributed by atoms with Crippen molar-refractivity contribution in [1.82, 2.24) is 19.4 Å². The van der Waals surface area contributed by atoms with Crippen LogP contribution in [0.15, 0.2) is 54.7 Å². The molecule has 3 heterocycles. The predicted octanol–water partition coefficient (Wildman–Crippen LogP) is 5.58. The SMILES string of the molecule is Cn1c(Nc2cc(C(C)(C)C)ccc2F)nc2cc(Oc3ccnc(NC(=O)C4CCN(CCO)CC4)c3)ccc21. The van der Waals surface area contributed by atoms with Crippen molar-refractivity contribution in [2.45, 2.75) is 39.0 Å². The molecular formula is C31H37FN6O3. The number of aromatic nitrogens is 3. The smallest absolute Gasteiger partial charge is 0.228 e. The zero-order valence-electron chi connectivity index (χ0n) is 23.9. The van der Waals surface area contributed by atoms with Gasteiger partial charge < -0.3 is 29.9 Å². The summed E-state index contributed by atoms with van der Waals surface area (Å²) in [5, 5.41) is 15.2. The number of amides is 1. The van der Waals surface area contributed by atoms with Crippen LogP contribution in [0.3, 0.4) is 0 Å². The molecule has 216 valence electrons. The Kier molecular flexibility index (Phi) is 8.23. The Bertz CT molecular complexity index is 1540. The number of likely N-dealkylation sites (tertiary alicyclic amines) is 1. The van der Waals surface area contributed by atoms with Crippen LogP contribution < -0.4 is 15.4 Å². The van der Waals surface area contributed by atoms with Crippen LogP contribution in [0.25, 0.3) is 11.0 Å². The maximum atomic E-state index is 14.6. The van der Waals surface area contributed by atoms with E-state index in [9.17, 15) is 9.18 Å². The maximum absolute atomic E-state index is 14.6. The molecule has 0 aliphatic carbocycles. The molecular weight excluding hydrogens is 523 g/mol. The number of hydrogen-bond acceptors (Lipinski definition) is 7. The number of nitrogens with zero attached hydrogens (tertiary/aromatic N) is 4. The molecule has 4 aromatic rings. The Morgan fingerprint density at radius 1 is 1.10 bits per heavy atom. The van der Waals surface area contributed by atoms with E-state index in [-0.39, 0.29) is 29.7 Å². The number of carbonyl (C=O) groups is 1. The van der Waals surface area contributed by atoms with Crippen LogP contribution in [0.4, 0.5) is 21.8 Å². The average Bonchev–Trinajstić information content (AvgIpc) is 3.24. The minimum absolute atomic E-state index is 0.0577. The molecule has 10 heteroatoms. The summed E-state index contributed by atoms with van der Waals surface area (Å²) in [6.07, 6.45) is 3.09. The van der Waals surface area contributed by atoms with E-state index in [1.165, 1.54) is 6.07 Å². The van der Waals surface area contributed by atoms with Crippen molar-refractivity contribution >= 4 is 34.4 Å². The maximum Gasteiger partial charge on any atom is 0.228 e. The number of halogens is 1. The fourth-order valence-electron chi connectivity index (χ4n) is 5.03. The highest BCUT2D eigenvalue weighted by atomic mass is 19.1. The lowest BCUT2D eigenvalue weighted by atomic mass is 9.87. The van der Waals surface area contributed by atoms with E-state index < -0.39 is 0 Å². The molecule has 0 saturated carbocycles. The molecule has 1 saturated heterocycles. The number of aryl methyl sites for hydroxylation is 1. The van der Waals surface area contributed by atoms with E-state index in [0.717, 1.165) is 37.0 Å². The number of piperidine rings is 1. The molecule has 9 nitrogen and oxygen atoms in total. The number of β-amino-alcohol motifs (C(OH)–C–C–N with tert-alkyl or cyclic N) is 1. The van der Waals surface area contributed by atoms with Crippen LogP contribution in [0.2, 0.25) is 0 Å². The largest absolute Gasteiger partial charge is 0.457 e. The number of aliphatic hydroxyl groups is 1. The number of imidazole rings is 1. The van der Waals surface area contributed by atoms with Crippen LogP contribution in [0.5, 0.6) is 11.5 Å². The summed E-state index contributed by atoms with van der Waals surface area (Å²) in [4.78, 5) is 23.9. The monoisotopic (exact) mass is 560 g/mol. The van der Waals surface area contributed by atoms with Gasteiger partial charge in [0.15, 0.2) is 0 Å². The number of carbonyl (C=O) groups excluding carboxylic acids is 1. The first kappa shape index (κ1) is 28.5. The van der Waals surface area contributed by atoms with E-state index in [2.05, 4.69) is 46.3 Å². The molecule has 0 atom stereocenters. The Hall–Kier alpha value is -4.02. The highest BCUT2D eigenvalue weighted by molar-refractivity contribution is 5.92. The number of pyridine rings is 1. The molecule has 0 unspecified atom stereocenters. The van der Waals surface area contributed by atoms with Crippen LogP contribution in [0, 0.1) is 11.7 Å². The van der Waals surface area contributed by atoms with E-state index in [1.807, 2.05) is 35.9 Å². The molecule has 1 aliphatic rings. The molecule has 2 aromatic heterocycles. The van der Waals surface area contributed by atoms with Gasteiger partial charge in [-0.3, -0.25) is 4.79 Å². The third-order valence-corrected chi connectivity index (χ3v) is 7.52. The molecule has 1 amide bonds. The van der Waals surface area contributed by atoms with E-state index in [0.29, 0.717) is 41.0 Å². The van der Waals surface area contributed by atoms with Gasteiger partial charge in [-0.2, -0.15) is 0 Å². The van der Waals surface area contributed by atoms with Crippen LogP contribution in [-0.2, 0) is 17.3 Å². The third kappa shape index (κ3) is 6.66. The van der Waals surface area contributed by atoms with Crippen molar-refractivity contribution in [3.05, 3.63) is 66.1 Å². The molecule has 3 N–H and O–H groups in total. The van der Waals surface area contributed by atoms with E-state index in [1.54, 1.807) is 24.4 Å². The van der Waals surface area contributed by atoms with Crippen molar-refractivity contribution < 1.29 is 19.0 Å². The fraction of sp³-hybridized carbons (Fsp3) is 0.387. The second kappa shape index (κ2) is 11.8. The standard InChI is InChI=1S/C31H37FN6O3/c1-31(2,3)21-5-7-24(32)25(17-21)34-30-35-26-18-22(6-8-27(26)37(30)4)41-23-9-12-33-28(19-23)36-29(40)20-10-13-38(14-11-20)15-16-39/h5-9,12,17-20,39H,10-11,13-16H2,1-4H3,(H,34,35)(H,33,36,40). The van der Waals surface area contributed by atoms with Crippen LogP contribution >= 0.6 is 0 Å². The lowest BCUT2D eigenvalue weighted by Gasteiger charge is -2.30. The quantitative estimate of drug-likeness (QED) is 0.258. The summed E-state index contributed by atoms with van der Waals surface area (Å²) < 4.78 is 22.6. The average molecular weight is 561 g/mol. The summed E-state index contributed by atoms with van der Waals surface area (Å²) in [7, 11) is 1.87. The van der Waals surface area contributed by atoms with Crippen molar-refractivity contribution in [2.75, 3.05) is 36.9 Å². The van der Waals surface area contributed by atoms with Gasteiger partial charge in [-0.25, -0.2) is 14.4 Å². The molecule has 1 fully saturated rings. The number of hydrogen-bond donors (Lipinski definition) is 3. The summed E-state index contributed by atoms with van der Waals surface area (Å²) in [6.45, 7) is 8.62. The van der Waals surface area contributed by atoms with Gasteiger partial charge in [-0.15, -0.1) is 0 Å². The molecule has 1 aliphatic heterocycles. The van der Waals surface area contributed by atoms with Gasteiger partial charge in [0.2, 0.25) is 11.9 Å². The highest BCUT2D eigenvalue weighted by Gasteiger charge is 2.25. The first-order valence-corrected chi connectivity index (χ1v) is 13.9. The third-order valence-electron chi connectivity index (χ3n) is 7.52. The zero-order valence-corrected chi connectivity index (χ0v) is 23.9. The number of aliphatic hydroxyl groups excluding tert-OH is 1. The molecule has 0 spiro atoms. The molecule has 41 heavy (non-hydrogen) atoms. The predicted molar refractivity (Wildman–Crippen MR) is 158 cm³/mol. The molecule has 0 bridgehead atoms. The fourth-order valence-corrected chi connectivity index (χ4v) is 5.03. The van der Waals surface area contributed by atoms with Gasteiger partial charge >= 0.3 is 0 Å². The van der Waals surface area contributed by atoms with Gasteiger partial charge in [-0.05, 0) is 67.2 Å². The number of nitrogens with one attached hydrogen (secondary N) is 2. The molecule has 5 rings (SSSR count). The number of benzene rings is 2. The summed E-state index contributed by atoms with van der Waals surface area (Å²) in [5.41, 5.74) is 2.83. The Morgan fingerprint density at radius 3 is 2.59 bits per heavy atom. The zero-order chi connectivity index (χ0) is 29.1. The summed E-state index contributed by atoms with van der Waals surface area (Å²) in [5.74, 6) is 1.55. The normalized spacial score (nSPS) is 14.8. The number of fused-ring (bicyclic) bond motifs is 1. The van der Waals surface area contributed by atoms with Crippen molar-refractivity contribution in [2.24, 2.45) is 13.0 Å². The topological polar surface area (TPSA) is 105 Å². The Balaban J connectivity index is 1.27. The Morgan fingerprint density at radius 2 is 1.85 bits per heavy atom. The first-order chi connectivity index (χ1) is 19.6. The minimum atomic E-state index is -0.346. The lowest BCUT2D eigenvalue weighted by molar-refractivity contribution is -0.121. The van der Waals surface area contributed by atoms with Gasteiger partial charge in [0.05, 0.1) is 23.3 Å². The van der Waals surface area contributed by atoms with Crippen molar-refractivity contribution in [3.8, 4) is 11.5 Å². The van der Waals surface area contributed by atoms with Gasteiger partial charge in [0.1, 0.15) is 23.1 Å². The van der Waals surface area contributed by atoms with Crippen molar-refractivity contribution in [1.29, 1.82) is 0 Å². The first-order valence-electron chi connectivity index (χ1n) is 13.9. The van der Waals surface area contributed by atoms with Crippen LogP contribution in [0.1, 0.15) is 39.2 Å². The lowest BCUT2D eigenvalue weighted by Crippen LogP contribution is -2.39. The summed E-state index contributed by atoms with van der Waals surface area (Å²) >= 11 is 0. The highest BCUT2D eigenvalue weighted by Crippen LogP contribution is 2.31. The number of ether oxygens (including phenoxy) is 1.